The van der Waals surface area contributed by atoms with Crippen LogP contribution in [-0.2, 0) is 11.3 Å². The first-order chi connectivity index (χ1) is 13.6. The average molecular weight is 394 g/mol. The van der Waals surface area contributed by atoms with E-state index in [0.29, 0.717) is 6.54 Å². The highest BCUT2D eigenvalue weighted by molar-refractivity contribution is 6.33. The van der Waals surface area contributed by atoms with Crippen molar-refractivity contribution >= 4 is 45.5 Å². The lowest BCUT2D eigenvalue weighted by Gasteiger charge is -2.07. The molecule has 3 aromatic carbocycles. The number of hydrogen-bond donors (Lipinski definition) is 1. The maximum atomic E-state index is 13.7. The molecule has 0 saturated heterocycles. The maximum absolute atomic E-state index is 13.7. The van der Waals surface area contributed by atoms with E-state index in [0.717, 1.165) is 21.8 Å². The minimum absolute atomic E-state index is 0.145. The molecule has 4 rings (SSSR count). The van der Waals surface area contributed by atoms with Crippen molar-refractivity contribution in [3.05, 3.63) is 83.1 Å². The van der Waals surface area contributed by atoms with E-state index >= 15 is 0 Å². The van der Waals surface area contributed by atoms with Gasteiger partial charge in [0.2, 0.25) is 5.91 Å². The van der Waals surface area contributed by atoms with E-state index < -0.39 is 5.82 Å². The lowest BCUT2D eigenvalue weighted by Crippen LogP contribution is -2.19. The molecular weight excluding hydrogens is 377 g/mol. The number of halogens is 2. The van der Waals surface area contributed by atoms with Crippen molar-refractivity contribution in [3.63, 3.8) is 0 Å². The highest BCUT2D eigenvalue weighted by atomic mass is 35.5. The average Bonchev–Trinajstić information content (AvgIpc) is 3.02. The van der Waals surface area contributed by atoms with Crippen LogP contribution in [0.25, 0.3) is 21.8 Å². The Morgan fingerprint density at radius 3 is 2.29 bits per heavy atom. The fourth-order valence-corrected chi connectivity index (χ4v) is 3.53. The molecule has 0 saturated carbocycles. The van der Waals surface area contributed by atoms with E-state index in [1.165, 1.54) is 18.3 Å². The molecular formula is C22H17ClFN3O. The number of fused-ring (bicyclic) bond motifs is 3. The van der Waals surface area contributed by atoms with Gasteiger partial charge in [0.05, 0.1) is 11.2 Å². The lowest BCUT2D eigenvalue weighted by molar-refractivity contribution is -0.121. The number of carbonyl (C=O) groups excluding carboxylic acids is 1. The number of amides is 1. The van der Waals surface area contributed by atoms with Crippen molar-refractivity contribution < 1.29 is 9.18 Å². The molecule has 0 spiro atoms. The minimum atomic E-state index is -0.490. The largest absolute Gasteiger partial charge is 0.340 e. The smallest absolute Gasteiger partial charge is 0.241 e. The van der Waals surface area contributed by atoms with Gasteiger partial charge in [-0.15, -0.1) is 0 Å². The monoisotopic (exact) mass is 393 g/mol. The number of aryl methyl sites for hydroxylation is 1. The Labute approximate surface area is 166 Å². The van der Waals surface area contributed by atoms with Crippen LogP contribution in [0, 0.1) is 5.82 Å². The first kappa shape index (κ1) is 18.2. The molecule has 1 heterocycles. The third-order valence-electron chi connectivity index (χ3n) is 4.62. The summed E-state index contributed by atoms with van der Waals surface area (Å²) in [6, 6.07) is 20.6. The van der Waals surface area contributed by atoms with E-state index in [1.54, 1.807) is 6.07 Å². The summed E-state index contributed by atoms with van der Waals surface area (Å²) >= 11 is 5.94. The van der Waals surface area contributed by atoms with Crippen molar-refractivity contribution in [2.45, 2.75) is 13.0 Å². The van der Waals surface area contributed by atoms with E-state index in [4.69, 9.17) is 11.6 Å². The van der Waals surface area contributed by atoms with E-state index in [1.807, 2.05) is 36.4 Å². The van der Waals surface area contributed by atoms with E-state index in [2.05, 4.69) is 27.2 Å². The number of hydrogen-bond acceptors (Lipinski definition) is 2. The van der Waals surface area contributed by atoms with Gasteiger partial charge in [0.15, 0.2) is 0 Å². The fraction of sp³-hybridized carbons (Fsp3) is 0.0909. The van der Waals surface area contributed by atoms with Crippen LogP contribution in [-0.4, -0.2) is 16.7 Å². The van der Waals surface area contributed by atoms with Crippen LogP contribution < -0.4 is 5.43 Å². The molecule has 1 N–H and O–H groups in total. The normalized spacial score (nSPS) is 11.5. The molecule has 6 heteroatoms. The summed E-state index contributed by atoms with van der Waals surface area (Å²) in [5.41, 5.74) is 4.74. The third kappa shape index (κ3) is 3.49. The molecule has 0 aliphatic rings. The van der Waals surface area contributed by atoms with Crippen LogP contribution in [0.4, 0.5) is 4.39 Å². The predicted molar refractivity (Wildman–Crippen MR) is 111 cm³/mol. The molecule has 28 heavy (non-hydrogen) atoms. The van der Waals surface area contributed by atoms with Crippen LogP contribution in [0.1, 0.15) is 12.0 Å². The first-order valence-electron chi connectivity index (χ1n) is 8.87. The molecule has 0 radical (unpaired) electrons. The summed E-state index contributed by atoms with van der Waals surface area (Å²) in [6.07, 6.45) is 1.46. The first-order valence-corrected chi connectivity index (χ1v) is 9.25. The fourth-order valence-electron chi connectivity index (χ4n) is 3.32. The molecule has 1 aromatic heterocycles. The van der Waals surface area contributed by atoms with Gasteiger partial charge in [-0.05, 0) is 24.3 Å². The Bertz CT molecular complexity index is 1130. The number of para-hydroxylation sites is 2. The van der Waals surface area contributed by atoms with Crippen LogP contribution >= 0.6 is 11.6 Å². The van der Waals surface area contributed by atoms with Crippen molar-refractivity contribution in [1.29, 1.82) is 0 Å². The number of nitrogens with one attached hydrogen (secondary N) is 1. The Kier molecular flexibility index (Phi) is 5.08. The number of benzene rings is 3. The number of carbonyl (C=O) groups is 1. The number of aromatic nitrogens is 1. The Balaban J connectivity index is 1.49. The minimum Gasteiger partial charge on any atom is -0.340 e. The van der Waals surface area contributed by atoms with Gasteiger partial charge >= 0.3 is 0 Å². The molecule has 0 atom stereocenters. The Hall–Kier alpha value is -3.18. The second kappa shape index (κ2) is 7.82. The molecule has 1 amide bonds. The maximum Gasteiger partial charge on any atom is 0.241 e. The van der Waals surface area contributed by atoms with Gasteiger partial charge in [0.25, 0.3) is 0 Å². The van der Waals surface area contributed by atoms with Crippen molar-refractivity contribution in [2.24, 2.45) is 5.10 Å². The summed E-state index contributed by atoms with van der Waals surface area (Å²) in [4.78, 5) is 12.2. The molecule has 0 fully saturated rings. The van der Waals surface area contributed by atoms with Crippen molar-refractivity contribution in [1.82, 2.24) is 9.99 Å². The summed E-state index contributed by atoms with van der Waals surface area (Å²) in [5, 5.41) is 6.38. The summed E-state index contributed by atoms with van der Waals surface area (Å²) in [7, 11) is 0. The molecule has 140 valence electrons. The van der Waals surface area contributed by atoms with Gasteiger partial charge in [0, 0.05) is 40.3 Å². The number of nitrogens with zero attached hydrogens (tertiary/aromatic N) is 2. The second-order valence-corrected chi connectivity index (χ2v) is 6.77. The summed E-state index contributed by atoms with van der Waals surface area (Å²) in [6.45, 7) is 0.510. The molecule has 4 nitrogen and oxygen atoms in total. The highest BCUT2D eigenvalue weighted by Gasteiger charge is 2.11. The SMILES string of the molecule is O=C(CCn1c2ccccc2c2ccccc21)N/N=C/c1c(F)cccc1Cl. The zero-order chi connectivity index (χ0) is 19.5. The van der Waals surface area contributed by atoms with Crippen molar-refractivity contribution in [2.75, 3.05) is 0 Å². The van der Waals surface area contributed by atoms with Gasteiger partial charge in [-0.3, -0.25) is 4.79 Å². The quantitative estimate of drug-likeness (QED) is 0.371. The third-order valence-corrected chi connectivity index (χ3v) is 4.95. The van der Waals surface area contributed by atoms with Gasteiger partial charge in [0.1, 0.15) is 5.82 Å². The summed E-state index contributed by atoms with van der Waals surface area (Å²) in [5.74, 6) is -0.749. The standard InChI is InChI=1S/C22H17ClFN3O/c23-18-8-5-9-19(24)17(18)14-25-26-22(28)12-13-27-20-10-3-1-6-15(20)16-7-2-4-11-21(16)27/h1-11,14H,12-13H2,(H,26,28)/b25-14+. The van der Waals surface area contributed by atoms with Gasteiger partial charge < -0.3 is 4.57 Å². The van der Waals surface area contributed by atoms with E-state index in [-0.39, 0.29) is 22.9 Å². The Morgan fingerprint density at radius 1 is 1.00 bits per heavy atom. The van der Waals surface area contributed by atoms with E-state index in [9.17, 15) is 9.18 Å². The number of hydrazone groups is 1. The van der Waals surface area contributed by atoms with Crippen LogP contribution in [0.3, 0.4) is 0 Å². The molecule has 0 aliphatic carbocycles. The highest BCUT2D eigenvalue weighted by Crippen LogP contribution is 2.28. The molecule has 4 aromatic rings. The van der Waals surface area contributed by atoms with Crippen LogP contribution in [0.2, 0.25) is 5.02 Å². The topological polar surface area (TPSA) is 46.4 Å². The zero-order valence-corrected chi connectivity index (χ0v) is 15.7. The van der Waals surface area contributed by atoms with Crippen LogP contribution in [0.15, 0.2) is 71.8 Å². The second-order valence-electron chi connectivity index (χ2n) is 6.36. The van der Waals surface area contributed by atoms with Gasteiger partial charge in [-0.25, -0.2) is 9.82 Å². The molecule has 0 unspecified atom stereocenters. The number of rotatable bonds is 5. The lowest BCUT2D eigenvalue weighted by atomic mass is 10.2. The Morgan fingerprint density at radius 2 is 1.64 bits per heavy atom. The molecule has 0 aliphatic heterocycles. The van der Waals surface area contributed by atoms with Gasteiger partial charge in [-0.2, -0.15) is 5.10 Å². The predicted octanol–water partition coefficient (Wildman–Crippen LogP) is 5.13. The van der Waals surface area contributed by atoms with Gasteiger partial charge in [-0.1, -0.05) is 54.1 Å². The van der Waals surface area contributed by atoms with Crippen molar-refractivity contribution in [3.8, 4) is 0 Å². The van der Waals surface area contributed by atoms with Crippen LogP contribution in [0.5, 0.6) is 0 Å². The molecule has 0 bridgehead atoms. The zero-order valence-electron chi connectivity index (χ0n) is 14.9. The summed E-state index contributed by atoms with van der Waals surface area (Å²) < 4.78 is 15.8.